The Labute approximate surface area is 242 Å². The fourth-order valence-corrected chi connectivity index (χ4v) is 8.29. The van der Waals surface area contributed by atoms with E-state index < -0.39 is 11.0 Å². The van der Waals surface area contributed by atoms with Crippen LogP contribution in [-0.2, 0) is 16.1 Å². The Hall–Kier alpha value is -2.65. The van der Waals surface area contributed by atoms with E-state index in [0.717, 1.165) is 32.1 Å². The van der Waals surface area contributed by atoms with Crippen molar-refractivity contribution in [2.24, 2.45) is 17.3 Å². The van der Waals surface area contributed by atoms with Gasteiger partial charge in [-0.15, -0.1) is 0 Å². The Morgan fingerprint density at radius 3 is 2.49 bits per heavy atom. The molecule has 2 aliphatic carbocycles. The third-order valence-electron chi connectivity index (χ3n) is 10.7. The van der Waals surface area contributed by atoms with Crippen molar-refractivity contribution >= 4 is 17.3 Å². The highest BCUT2D eigenvalue weighted by atomic mass is 16.5. The molecule has 2 amide bonds. The lowest BCUT2D eigenvalue weighted by molar-refractivity contribution is -0.163. The van der Waals surface area contributed by atoms with Crippen LogP contribution < -0.4 is 5.56 Å². The fraction of sp³-hybridized carbons (Fsp3) is 0.719. The Balaban J connectivity index is 1.25. The molecule has 4 heterocycles. The molecule has 6 rings (SSSR count). The highest BCUT2D eigenvalue weighted by molar-refractivity contribution is 5.93. The standard InChI is InChI=1S/C32H46N4O5/c1-24(20-25-8-3-2-4-9-25)28(37)34-15-13-32(40,31(22-34)11-5-6-12-31)23-35-21-27(30(39)33-16-18-41-19-17-33)36-14-7-10-26(36)29(35)38/h7,10,14,21,24-25,40H,2-6,8-9,11-13,15-20,22-23H2,1H3/t24-,32+/m1/s1. The van der Waals surface area contributed by atoms with Crippen LogP contribution in [0.15, 0.2) is 29.3 Å². The first-order valence-electron chi connectivity index (χ1n) is 15.9. The smallest absolute Gasteiger partial charge is 0.274 e. The van der Waals surface area contributed by atoms with Crippen LogP contribution in [0.5, 0.6) is 0 Å². The van der Waals surface area contributed by atoms with E-state index in [0.29, 0.717) is 62.9 Å². The molecule has 2 saturated carbocycles. The molecule has 9 heteroatoms. The van der Waals surface area contributed by atoms with Crippen LogP contribution in [0.2, 0.25) is 0 Å². The molecule has 0 bridgehead atoms. The number of fused-ring (bicyclic) bond motifs is 1. The molecule has 4 fully saturated rings. The van der Waals surface area contributed by atoms with E-state index in [1.807, 2.05) is 4.90 Å². The molecule has 224 valence electrons. The molecule has 41 heavy (non-hydrogen) atoms. The van der Waals surface area contributed by atoms with Crippen LogP contribution in [0, 0.1) is 17.3 Å². The number of carbonyl (C=O) groups excluding carboxylic acids is 2. The number of piperidine rings is 1. The number of morpholine rings is 1. The minimum absolute atomic E-state index is 0.00380. The summed E-state index contributed by atoms with van der Waals surface area (Å²) >= 11 is 0. The highest BCUT2D eigenvalue weighted by Gasteiger charge is 2.56. The number of rotatable bonds is 6. The maximum absolute atomic E-state index is 13.7. The Kier molecular flexibility index (Phi) is 8.02. The minimum atomic E-state index is -1.14. The number of nitrogens with zero attached hydrogens (tertiary/aromatic N) is 4. The van der Waals surface area contributed by atoms with Gasteiger partial charge < -0.3 is 28.6 Å². The van der Waals surface area contributed by atoms with E-state index >= 15 is 0 Å². The average Bonchev–Trinajstić information content (AvgIpc) is 3.68. The molecule has 9 nitrogen and oxygen atoms in total. The second-order valence-corrected chi connectivity index (χ2v) is 13.3. The quantitative estimate of drug-likeness (QED) is 0.575. The zero-order chi connectivity index (χ0) is 28.6. The van der Waals surface area contributed by atoms with Gasteiger partial charge in [0.05, 0.1) is 25.4 Å². The Morgan fingerprint density at radius 1 is 1.02 bits per heavy atom. The lowest BCUT2D eigenvalue weighted by Gasteiger charge is -2.53. The third-order valence-corrected chi connectivity index (χ3v) is 10.7. The van der Waals surface area contributed by atoms with Crippen LogP contribution in [0.3, 0.4) is 0 Å². The number of ether oxygens (including phenoxy) is 1. The number of carbonyl (C=O) groups is 2. The first-order valence-corrected chi connectivity index (χ1v) is 15.9. The van der Waals surface area contributed by atoms with Gasteiger partial charge in [-0.3, -0.25) is 14.4 Å². The second kappa shape index (κ2) is 11.6. The van der Waals surface area contributed by atoms with Gasteiger partial charge in [-0.2, -0.15) is 0 Å². The number of aromatic nitrogens is 2. The van der Waals surface area contributed by atoms with Gasteiger partial charge in [0.25, 0.3) is 11.5 Å². The lowest BCUT2D eigenvalue weighted by atomic mass is 9.65. The van der Waals surface area contributed by atoms with Crippen LogP contribution in [0.1, 0.15) is 88.0 Å². The molecule has 2 aliphatic heterocycles. The van der Waals surface area contributed by atoms with Crippen molar-refractivity contribution in [2.75, 3.05) is 39.4 Å². The summed E-state index contributed by atoms with van der Waals surface area (Å²) in [6.07, 6.45) is 14.8. The van der Waals surface area contributed by atoms with E-state index in [4.69, 9.17) is 4.74 Å². The molecular weight excluding hydrogens is 520 g/mol. The summed E-state index contributed by atoms with van der Waals surface area (Å²) in [6, 6.07) is 3.52. The van der Waals surface area contributed by atoms with E-state index in [1.54, 1.807) is 38.4 Å². The first-order chi connectivity index (χ1) is 19.8. The van der Waals surface area contributed by atoms with Gasteiger partial charge in [-0.25, -0.2) is 0 Å². The maximum atomic E-state index is 13.7. The van der Waals surface area contributed by atoms with Gasteiger partial charge >= 0.3 is 0 Å². The number of likely N-dealkylation sites (tertiary alicyclic amines) is 1. The van der Waals surface area contributed by atoms with Gasteiger partial charge in [-0.05, 0) is 43.7 Å². The highest BCUT2D eigenvalue weighted by Crippen LogP contribution is 2.52. The lowest BCUT2D eigenvalue weighted by Crippen LogP contribution is -2.62. The summed E-state index contributed by atoms with van der Waals surface area (Å²) in [6.45, 7) is 5.25. The number of hydrogen-bond donors (Lipinski definition) is 1. The van der Waals surface area contributed by atoms with Crippen molar-refractivity contribution in [2.45, 2.75) is 89.7 Å². The van der Waals surface area contributed by atoms with Gasteiger partial charge in [0.1, 0.15) is 11.2 Å². The van der Waals surface area contributed by atoms with E-state index in [1.165, 1.54) is 32.1 Å². The van der Waals surface area contributed by atoms with Gasteiger partial charge in [0, 0.05) is 49.9 Å². The minimum Gasteiger partial charge on any atom is -0.387 e. The number of aliphatic hydroxyl groups is 1. The van der Waals surface area contributed by atoms with Crippen molar-refractivity contribution in [3.05, 3.63) is 40.6 Å². The average molecular weight is 567 g/mol. The van der Waals surface area contributed by atoms with Crippen molar-refractivity contribution in [3.63, 3.8) is 0 Å². The molecule has 1 N–H and O–H groups in total. The van der Waals surface area contributed by atoms with E-state index in [-0.39, 0.29) is 29.8 Å². The summed E-state index contributed by atoms with van der Waals surface area (Å²) in [5.41, 5.74) is -0.958. The molecule has 0 radical (unpaired) electrons. The summed E-state index contributed by atoms with van der Waals surface area (Å²) in [7, 11) is 0. The molecule has 2 atom stereocenters. The third kappa shape index (κ3) is 5.36. The Bertz CT molecular complexity index is 1320. The second-order valence-electron chi connectivity index (χ2n) is 13.3. The SMILES string of the molecule is C[C@H](CC1CCCCC1)C(=O)N1CC[C@](O)(Cn2cc(C(=O)N3CCOCC3)n3cccc3c2=O)C2(CCCC2)C1. The van der Waals surface area contributed by atoms with E-state index in [2.05, 4.69) is 6.92 Å². The van der Waals surface area contributed by atoms with Crippen molar-refractivity contribution in [1.29, 1.82) is 0 Å². The van der Waals surface area contributed by atoms with Gasteiger partial charge in [-0.1, -0.05) is 51.9 Å². The summed E-state index contributed by atoms with van der Waals surface area (Å²) in [4.78, 5) is 44.6. The van der Waals surface area contributed by atoms with Crippen LogP contribution in [0.25, 0.3) is 5.52 Å². The molecule has 2 saturated heterocycles. The predicted molar refractivity (Wildman–Crippen MR) is 156 cm³/mol. The first kappa shape index (κ1) is 28.5. The summed E-state index contributed by atoms with van der Waals surface area (Å²) in [5, 5.41) is 12.4. The van der Waals surface area contributed by atoms with Crippen molar-refractivity contribution in [1.82, 2.24) is 18.8 Å². The van der Waals surface area contributed by atoms with Crippen molar-refractivity contribution in [3.8, 4) is 0 Å². The van der Waals surface area contributed by atoms with Crippen molar-refractivity contribution < 1.29 is 19.4 Å². The topological polar surface area (TPSA) is 96.5 Å². The van der Waals surface area contributed by atoms with Crippen LogP contribution >= 0.6 is 0 Å². The van der Waals surface area contributed by atoms with Gasteiger partial charge in [0.2, 0.25) is 5.91 Å². The fourth-order valence-electron chi connectivity index (χ4n) is 8.29. The zero-order valence-electron chi connectivity index (χ0n) is 24.6. The molecule has 1 spiro atoms. The summed E-state index contributed by atoms with van der Waals surface area (Å²) in [5.74, 6) is 0.721. The monoisotopic (exact) mass is 566 g/mol. The van der Waals surface area contributed by atoms with Gasteiger partial charge in [0.15, 0.2) is 0 Å². The molecular formula is C32H46N4O5. The molecule has 0 unspecified atom stereocenters. The number of amides is 2. The number of hydrogen-bond acceptors (Lipinski definition) is 5. The van der Waals surface area contributed by atoms with E-state index in [9.17, 15) is 19.5 Å². The normalized spacial score (nSPS) is 26.1. The maximum Gasteiger partial charge on any atom is 0.274 e. The van der Waals surface area contributed by atoms with Crippen LogP contribution in [0.4, 0.5) is 0 Å². The predicted octanol–water partition coefficient (Wildman–Crippen LogP) is 3.70. The largest absolute Gasteiger partial charge is 0.387 e. The zero-order valence-corrected chi connectivity index (χ0v) is 24.6. The molecule has 2 aromatic heterocycles. The Morgan fingerprint density at radius 2 is 1.76 bits per heavy atom. The molecule has 0 aromatic carbocycles. The summed E-state index contributed by atoms with van der Waals surface area (Å²) < 4.78 is 8.66. The molecule has 2 aromatic rings. The molecule has 4 aliphatic rings. The van der Waals surface area contributed by atoms with Crippen LogP contribution in [-0.4, -0.2) is 80.7 Å².